The minimum atomic E-state index is -4.62. The van der Waals surface area contributed by atoms with Crippen molar-refractivity contribution < 1.29 is 17.6 Å². The van der Waals surface area contributed by atoms with E-state index in [2.05, 4.69) is 6.07 Å². The van der Waals surface area contributed by atoms with Gasteiger partial charge in [-0.25, -0.2) is 4.39 Å². The van der Waals surface area contributed by atoms with E-state index in [-0.39, 0.29) is 5.56 Å². The van der Waals surface area contributed by atoms with Crippen molar-refractivity contribution in [3.05, 3.63) is 35.1 Å². The maximum Gasteiger partial charge on any atom is 0.419 e. The molecule has 0 saturated carbocycles. The molecular weight excluding hydrogens is 172 g/mol. The maximum atomic E-state index is 12.6. The van der Waals surface area contributed by atoms with Gasteiger partial charge in [-0.15, -0.1) is 0 Å². The Balaban J connectivity index is 3.31. The number of alkyl halides is 3. The molecule has 0 aliphatic carbocycles. The number of aryl methyl sites for hydroxylation is 1. The zero-order valence-electron chi connectivity index (χ0n) is 6.17. The molecule has 0 unspecified atom stereocenters. The van der Waals surface area contributed by atoms with Crippen LogP contribution in [0.4, 0.5) is 17.6 Å². The van der Waals surface area contributed by atoms with Crippen LogP contribution in [0.25, 0.3) is 0 Å². The molecule has 0 amide bonds. The average Bonchev–Trinajstić information content (AvgIpc) is 1.82. The second-order valence-corrected chi connectivity index (χ2v) is 2.36. The Bertz CT molecular complexity index is 267. The van der Waals surface area contributed by atoms with Crippen LogP contribution in [0.1, 0.15) is 11.1 Å². The summed E-state index contributed by atoms with van der Waals surface area (Å²) in [5.41, 5.74) is -1.36. The summed E-state index contributed by atoms with van der Waals surface area (Å²) in [4.78, 5) is 0. The lowest BCUT2D eigenvalue weighted by molar-refractivity contribution is -0.140. The standard InChI is InChI=1S/C8H5F4/c1-5-3-2-4-6(9)7(5)8(10,11)12/h3-4H,1H3. The van der Waals surface area contributed by atoms with Crippen LogP contribution in [0.15, 0.2) is 12.1 Å². The van der Waals surface area contributed by atoms with Crippen molar-refractivity contribution in [2.45, 2.75) is 13.1 Å². The third kappa shape index (κ3) is 1.57. The lowest BCUT2D eigenvalue weighted by Crippen LogP contribution is -2.10. The highest BCUT2D eigenvalue weighted by Gasteiger charge is 2.35. The molecule has 0 saturated heterocycles. The van der Waals surface area contributed by atoms with Gasteiger partial charge in [-0.1, -0.05) is 6.07 Å². The quantitative estimate of drug-likeness (QED) is 0.534. The Labute approximate surface area is 66.8 Å². The van der Waals surface area contributed by atoms with Crippen molar-refractivity contribution >= 4 is 0 Å². The van der Waals surface area contributed by atoms with Crippen LogP contribution < -0.4 is 0 Å². The molecule has 12 heavy (non-hydrogen) atoms. The van der Waals surface area contributed by atoms with E-state index in [0.717, 1.165) is 6.07 Å². The van der Waals surface area contributed by atoms with Crippen LogP contribution in [0.3, 0.4) is 0 Å². The minimum absolute atomic E-state index is 0.150. The molecule has 1 aromatic rings. The molecule has 1 aromatic carbocycles. The van der Waals surface area contributed by atoms with Crippen LogP contribution in [0, 0.1) is 18.8 Å². The summed E-state index contributed by atoms with van der Waals surface area (Å²) in [5.74, 6) is -1.28. The van der Waals surface area contributed by atoms with E-state index in [4.69, 9.17) is 0 Å². The number of halogens is 4. The Morgan fingerprint density at radius 1 is 1.25 bits per heavy atom. The predicted molar refractivity (Wildman–Crippen MR) is 35.0 cm³/mol. The largest absolute Gasteiger partial charge is 0.419 e. The van der Waals surface area contributed by atoms with Crippen LogP contribution in [0.5, 0.6) is 0 Å². The SMILES string of the molecule is Cc1c[c]cc(F)c1C(F)(F)F. The van der Waals surface area contributed by atoms with Crippen molar-refractivity contribution in [3.63, 3.8) is 0 Å². The van der Waals surface area contributed by atoms with Crippen LogP contribution in [0.2, 0.25) is 0 Å². The third-order valence-electron chi connectivity index (χ3n) is 1.43. The molecule has 4 heteroatoms. The molecule has 0 spiro atoms. The monoisotopic (exact) mass is 177 g/mol. The summed E-state index contributed by atoms with van der Waals surface area (Å²) < 4.78 is 48.8. The second-order valence-electron chi connectivity index (χ2n) is 2.36. The van der Waals surface area contributed by atoms with E-state index < -0.39 is 17.6 Å². The molecule has 0 heterocycles. The highest BCUT2D eigenvalue weighted by Crippen LogP contribution is 2.33. The molecule has 1 rings (SSSR count). The number of benzene rings is 1. The first kappa shape index (κ1) is 9.03. The Kier molecular flexibility index (Phi) is 2.08. The fourth-order valence-electron chi connectivity index (χ4n) is 0.931. The summed E-state index contributed by atoms with van der Waals surface area (Å²) in [7, 11) is 0. The van der Waals surface area contributed by atoms with Gasteiger partial charge >= 0.3 is 6.18 Å². The highest BCUT2D eigenvalue weighted by atomic mass is 19.4. The Morgan fingerprint density at radius 3 is 2.17 bits per heavy atom. The number of rotatable bonds is 0. The molecule has 65 valence electrons. The summed E-state index contributed by atoms with van der Waals surface area (Å²) >= 11 is 0. The first-order valence-electron chi connectivity index (χ1n) is 3.16. The van der Waals surface area contributed by atoms with E-state index in [1.165, 1.54) is 6.92 Å². The molecule has 0 aromatic heterocycles. The van der Waals surface area contributed by atoms with Crippen molar-refractivity contribution in [1.29, 1.82) is 0 Å². The zero-order valence-corrected chi connectivity index (χ0v) is 6.17. The predicted octanol–water partition coefficient (Wildman–Crippen LogP) is 2.95. The fraction of sp³-hybridized carbons (Fsp3) is 0.250. The first-order valence-corrected chi connectivity index (χ1v) is 3.16. The third-order valence-corrected chi connectivity index (χ3v) is 1.43. The van der Waals surface area contributed by atoms with Gasteiger partial charge in [0.05, 0.1) is 5.56 Å². The summed E-state index contributed by atoms with van der Waals surface area (Å²) in [6.45, 7) is 1.20. The van der Waals surface area contributed by atoms with Crippen LogP contribution in [-0.2, 0) is 6.18 Å². The molecule has 1 radical (unpaired) electrons. The van der Waals surface area contributed by atoms with Gasteiger partial charge in [0, 0.05) is 0 Å². The lowest BCUT2D eigenvalue weighted by Gasteiger charge is -2.09. The van der Waals surface area contributed by atoms with Gasteiger partial charge in [0.2, 0.25) is 0 Å². The number of hydrogen-bond donors (Lipinski definition) is 0. The molecule has 0 nitrogen and oxygen atoms in total. The van der Waals surface area contributed by atoms with Gasteiger partial charge in [0.25, 0.3) is 0 Å². The molecular formula is C8H5F4. The van der Waals surface area contributed by atoms with Crippen molar-refractivity contribution in [2.24, 2.45) is 0 Å². The van der Waals surface area contributed by atoms with Crippen LogP contribution >= 0.6 is 0 Å². The molecule has 0 bridgehead atoms. The summed E-state index contributed by atoms with van der Waals surface area (Å²) in [6, 6.07) is 4.05. The van der Waals surface area contributed by atoms with E-state index in [1.54, 1.807) is 0 Å². The van der Waals surface area contributed by atoms with Gasteiger partial charge in [-0.05, 0) is 24.6 Å². The normalized spacial score (nSPS) is 11.8. The number of hydrogen-bond acceptors (Lipinski definition) is 0. The van der Waals surface area contributed by atoms with E-state index in [9.17, 15) is 17.6 Å². The van der Waals surface area contributed by atoms with E-state index >= 15 is 0 Å². The van der Waals surface area contributed by atoms with Crippen molar-refractivity contribution in [1.82, 2.24) is 0 Å². The molecule has 0 N–H and O–H groups in total. The second kappa shape index (κ2) is 2.77. The molecule has 0 aliphatic rings. The Hall–Kier alpha value is -1.06. The Morgan fingerprint density at radius 2 is 1.83 bits per heavy atom. The van der Waals surface area contributed by atoms with E-state index in [0.29, 0.717) is 6.07 Å². The van der Waals surface area contributed by atoms with Crippen LogP contribution in [-0.4, -0.2) is 0 Å². The van der Waals surface area contributed by atoms with Crippen molar-refractivity contribution in [3.8, 4) is 0 Å². The minimum Gasteiger partial charge on any atom is -0.206 e. The zero-order chi connectivity index (χ0) is 9.35. The van der Waals surface area contributed by atoms with Gasteiger partial charge in [-0.2, -0.15) is 13.2 Å². The molecule has 0 fully saturated rings. The summed E-state index contributed by atoms with van der Waals surface area (Å²) in [6.07, 6.45) is -4.62. The maximum absolute atomic E-state index is 12.6. The fourth-order valence-corrected chi connectivity index (χ4v) is 0.931. The van der Waals surface area contributed by atoms with Gasteiger partial charge in [0.1, 0.15) is 5.82 Å². The van der Waals surface area contributed by atoms with E-state index in [1.807, 2.05) is 0 Å². The van der Waals surface area contributed by atoms with Crippen molar-refractivity contribution in [2.75, 3.05) is 0 Å². The topological polar surface area (TPSA) is 0 Å². The average molecular weight is 177 g/mol. The van der Waals surface area contributed by atoms with Gasteiger partial charge in [-0.3, -0.25) is 0 Å². The van der Waals surface area contributed by atoms with Gasteiger partial charge < -0.3 is 0 Å². The highest BCUT2D eigenvalue weighted by molar-refractivity contribution is 5.29. The summed E-state index contributed by atoms with van der Waals surface area (Å²) in [5, 5.41) is 0. The van der Waals surface area contributed by atoms with Gasteiger partial charge in [0.15, 0.2) is 0 Å². The first-order chi connectivity index (χ1) is 5.43. The molecule has 0 aliphatic heterocycles. The molecule has 0 atom stereocenters. The smallest absolute Gasteiger partial charge is 0.206 e. The lowest BCUT2D eigenvalue weighted by atomic mass is 10.1.